The molecule has 0 spiro atoms. The van der Waals surface area contributed by atoms with Gasteiger partial charge in [-0.2, -0.15) is 0 Å². The fourth-order valence-electron chi connectivity index (χ4n) is 2.25. The van der Waals surface area contributed by atoms with Crippen LogP contribution in [0.2, 0.25) is 5.02 Å². The second-order valence-electron chi connectivity index (χ2n) is 4.09. The maximum atomic E-state index is 6.14. The van der Waals surface area contributed by atoms with Crippen LogP contribution in [0, 0.1) is 6.92 Å². The highest BCUT2D eigenvalue weighted by molar-refractivity contribution is 6.36. The monoisotopic (exact) mass is 242 g/mol. The normalized spacial score (nSPS) is 11.2. The van der Waals surface area contributed by atoms with Crippen molar-refractivity contribution in [1.82, 2.24) is 0 Å². The van der Waals surface area contributed by atoms with Crippen molar-refractivity contribution >= 4 is 39.6 Å². The third kappa shape index (κ3) is 1.39. The lowest BCUT2D eigenvalue weighted by Crippen LogP contribution is -1.80. The van der Waals surface area contributed by atoms with E-state index in [0.717, 1.165) is 27.5 Å². The van der Waals surface area contributed by atoms with Crippen molar-refractivity contribution in [3.8, 4) is 0 Å². The van der Waals surface area contributed by atoms with Gasteiger partial charge in [-0.3, -0.25) is 0 Å². The van der Waals surface area contributed by atoms with Gasteiger partial charge in [0.15, 0.2) is 5.58 Å². The minimum absolute atomic E-state index is 0.645. The first kappa shape index (κ1) is 10.4. The van der Waals surface area contributed by atoms with Crippen molar-refractivity contribution in [1.29, 1.82) is 0 Å². The molecule has 84 valence electrons. The summed E-state index contributed by atoms with van der Waals surface area (Å²) >= 11 is 6.14. The zero-order chi connectivity index (χ0) is 12.0. The number of para-hydroxylation sites is 1. The average Bonchev–Trinajstić information content (AvgIpc) is 2.70. The molecule has 2 aromatic carbocycles. The molecule has 2 heteroatoms. The standard InChI is InChI=1S/C15H11ClO/c1-3-10-9(2)7-8-13-14(10)11-5-4-6-12(16)15(11)17-13/h3-8H,1H2,2H3. The third-order valence-corrected chi connectivity index (χ3v) is 3.38. The van der Waals surface area contributed by atoms with Crippen LogP contribution in [-0.4, -0.2) is 0 Å². The lowest BCUT2D eigenvalue weighted by atomic mass is 10.0. The Labute approximate surface area is 104 Å². The van der Waals surface area contributed by atoms with E-state index in [4.69, 9.17) is 16.0 Å². The van der Waals surface area contributed by atoms with E-state index in [1.165, 1.54) is 5.56 Å². The van der Waals surface area contributed by atoms with Crippen LogP contribution in [0.1, 0.15) is 11.1 Å². The maximum Gasteiger partial charge on any atom is 0.154 e. The summed E-state index contributed by atoms with van der Waals surface area (Å²) in [5, 5.41) is 2.79. The van der Waals surface area contributed by atoms with Gasteiger partial charge in [0.05, 0.1) is 5.02 Å². The van der Waals surface area contributed by atoms with Gasteiger partial charge in [0, 0.05) is 10.8 Å². The second kappa shape index (κ2) is 3.64. The van der Waals surface area contributed by atoms with E-state index in [2.05, 4.69) is 13.5 Å². The molecule has 0 saturated heterocycles. The van der Waals surface area contributed by atoms with E-state index in [1.54, 1.807) is 0 Å². The first-order valence-electron chi connectivity index (χ1n) is 5.45. The van der Waals surface area contributed by atoms with Gasteiger partial charge in [0.1, 0.15) is 5.58 Å². The minimum Gasteiger partial charge on any atom is -0.454 e. The van der Waals surface area contributed by atoms with Gasteiger partial charge < -0.3 is 4.42 Å². The number of hydrogen-bond donors (Lipinski definition) is 0. The quantitative estimate of drug-likeness (QED) is 0.572. The van der Waals surface area contributed by atoms with Crippen molar-refractivity contribution in [2.75, 3.05) is 0 Å². The fraction of sp³-hybridized carbons (Fsp3) is 0.0667. The summed E-state index contributed by atoms with van der Waals surface area (Å²) in [6.45, 7) is 5.95. The van der Waals surface area contributed by atoms with E-state index < -0.39 is 0 Å². The highest BCUT2D eigenvalue weighted by atomic mass is 35.5. The Kier molecular flexibility index (Phi) is 2.23. The number of aryl methyl sites for hydroxylation is 1. The van der Waals surface area contributed by atoms with Crippen LogP contribution >= 0.6 is 11.6 Å². The van der Waals surface area contributed by atoms with Crippen LogP contribution in [0.3, 0.4) is 0 Å². The molecule has 0 bridgehead atoms. The van der Waals surface area contributed by atoms with Crippen LogP contribution in [0.4, 0.5) is 0 Å². The molecular weight excluding hydrogens is 232 g/mol. The molecule has 3 aromatic rings. The lowest BCUT2D eigenvalue weighted by molar-refractivity contribution is 0.669. The molecule has 0 radical (unpaired) electrons. The summed E-state index contributed by atoms with van der Waals surface area (Å²) in [6, 6.07) is 9.82. The summed E-state index contributed by atoms with van der Waals surface area (Å²) < 4.78 is 5.80. The largest absolute Gasteiger partial charge is 0.454 e. The van der Waals surface area contributed by atoms with Crippen LogP contribution in [0.25, 0.3) is 28.0 Å². The number of furan rings is 1. The molecule has 1 nitrogen and oxygen atoms in total. The van der Waals surface area contributed by atoms with Crippen LogP contribution in [0.5, 0.6) is 0 Å². The van der Waals surface area contributed by atoms with Gasteiger partial charge in [-0.05, 0) is 30.2 Å². The Morgan fingerprint density at radius 2 is 2.06 bits per heavy atom. The smallest absolute Gasteiger partial charge is 0.154 e. The third-order valence-electron chi connectivity index (χ3n) is 3.08. The maximum absolute atomic E-state index is 6.14. The van der Waals surface area contributed by atoms with Crippen molar-refractivity contribution in [2.45, 2.75) is 6.92 Å². The number of hydrogen-bond acceptors (Lipinski definition) is 1. The summed E-state index contributed by atoms with van der Waals surface area (Å²) in [5.74, 6) is 0. The molecule has 17 heavy (non-hydrogen) atoms. The second-order valence-corrected chi connectivity index (χ2v) is 4.50. The summed E-state index contributed by atoms with van der Waals surface area (Å²) in [4.78, 5) is 0. The van der Waals surface area contributed by atoms with Gasteiger partial charge in [0.25, 0.3) is 0 Å². The Bertz CT molecular complexity index is 737. The topological polar surface area (TPSA) is 13.1 Å². The molecule has 0 fully saturated rings. The molecule has 0 amide bonds. The van der Waals surface area contributed by atoms with E-state index in [1.807, 2.05) is 36.4 Å². The molecule has 1 aromatic heterocycles. The molecular formula is C15H11ClO. The molecule has 0 N–H and O–H groups in total. The van der Waals surface area contributed by atoms with Gasteiger partial charge in [-0.25, -0.2) is 0 Å². The van der Waals surface area contributed by atoms with Crippen molar-refractivity contribution < 1.29 is 4.42 Å². The van der Waals surface area contributed by atoms with Crippen LogP contribution in [-0.2, 0) is 0 Å². The van der Waals surface area contributed by atoms with Crippen LogP contribution in [0.15, 0.2) is 41.3 Å². The Hall–Kier alpha value is -1.73. The summed E-state index contributed by atoms with van der Waals surface area (Å²) in [6.07, 6.45) is 1.87. The molecule has 0 saturated carbocycles. The van der Waals surface area contributed by atoms with Gasteiger partial charge in [0.2, 0.25) is 0 Å². The highest BCUT2D eigenvalue weighted by Gasteiger charge is 2.12. The number of benzene rings is 2. The van der Waals surface area contributed by atoms with E-state index in [0.29, 0.717) is 5.02 Å². The fourth-order valence-corrected chi connectivity index (χ4v) is 2.46. The molecule has 0 atom stereocenters. The van der Waals surface area contributed by atoms with Crippen LogP contribution < -0.4 is 0 Å². The Morgan fingerprint density at radius 1 is 1.24 bits per heavy atom. The number of halogens is 1. The molecule has 1 heterocycles. The van der Waals surface area contributed by atoms with E-state index in [-0.39, 0.29) is 0 Å². The SMILES string of the molecule is C=Cc1c(C)ccc2oc3c(Cl)cccc3c12. The summed E-state index contributed by atoms with van der Waals surface area (Å²) in [7, 11) is 0. The first-order valence-corrected chi connectivity index (χ1v) is 5.83. The number of rotatable bonds is 1. The Balaban J connectivity index is 2.63. The summed E-state index contributed by atoms with van der Waals surface area (Å²) in [5.41, 5.74) is 3.91. The van der Waals surface area contributed by atoms with Crippen molar-refractivity contribution in [2.24, 2.45) is 0 Å². The average molecular weight is 243 g/mol. The van der Waals surface area contributed by atoms with Gasteiger partial charge in [-0.1, -0.05) is 42.5 Å². The zero-order valence-electron chi connectivity index (χ0n) is 9.46. The molecule has 3 rings (SSSR count). The predicted octanol–water partition coefficient (Wildman–Crippen LogP) is 5.19. The zero-order valence-corrected chi connectivity index (χ0v) is 10.2. The van der Waals surface area contributed by atoms with E-state index >= 15 is 0 Å². The number of fused-ring (bicyclic) bond motifs is 3. The van der Waals surface area contributed by atoms with Crippen molar-refractivity contribution in [3.63, 3.8) is 0 Å². The predicted molar refractivity (Wildman–Crippen MR) is 73.6 cm³/mol. The molecule has 0 unspecified atom stereocenters. The lowest BCUT2D eigenvalue weighted by Gasteiger charge is -2.01. The molecule has 0 aliphatic carbocycles. The Morgan fingerprint density at radius 3 is 2.82 bits per heavy atom. The van der Waals surface area contributed by atoms with E-state index in [9.17, 15) is 0 Å². The molecule has 0 aliphatic heterocycles. The van der Waals surface area contributed by atoms with Gasteiger partial charge in [-0.15, -0.1) is 0 Å². The first-order chi connectivity index (χ1) is 8.22. The minimum atomic E-state index is 0.645. The van der Waals surface area contributed by atoms with Gasteiger partial charge >= 0.3 is 0 Å². The van der Waals surface area contributed by atoms with Crippen molar-refractivity contribution in [3.05, 3.63) is 53.1 Å². The molecule has 0 aliphatic rings. The highest BCUT2D eigenvalue weighted by Crippen LogP contribution is 2.36.